The highest BCUT2D eigenvalue weighted by atomic mass is 16.5. The zero-order valence-electron chi connectivity index (χ0n) is 11.2. The standard InChI is InChI=1S/C14H20O4/c1-4-6-9-18-14(15)11-7-8-12(17-5-2)13(10-11)16-3/h7-8,10H,4-6,9H2,1-3H3. The van der Waals surface area contributed by atoms with Crippen LogP contribution in [0.3, 0.4) is 0 Å². The first-order chi connectivity index (χ1) is 8.72. The average molecular weight is 252 g/mol. The number of carbonyl (C=O) groups excluding carboxylic acids is 1. The number of ether oxygens (including phenoxy) is 3. The van der Waals surface area contributed by atoms with Crippen LogP contribution in [-0.2, 0) is 4.74 Å². The lowest BCUT2D eigenvalue weighted by atomic mass is 10.2. The predicted molar refractivity (Wildman–Crippen MR) is 69.4 cm³/mol. The number of carbonyl (C=O) groups is 1. The molecular weight excluding hydrogens is 232 g/mol. The Hall–Kier alpha value is -1.71. The van der Waals surface area contributed by atoms with Crippen LogP contribution < -0.4 is 9.47 Å². The molecule has 1 aromatic carbocycles. The highest BCUT2D eigenvalue weighted by molar-refractivity contribution is 5.90. The van der Waals surface area contributed by atoms with Crippen LogP contribution in [0.1, 0.15) is 37.0 Å². The van der Waals surface area contributed by atoms with Gasteiger partial charge in [0.1, 0.15) is 0 Å². The van der Waals surface area contributed by atoms with Crippen LogP contribution in [0.25, 0.3) is 0 Å². The molecule has 0 atom stereocenters. The number of benzene rings is 1. The van der Waals surface area contributed by atoms with Gasteiger partial charge in [-0.1, -0.05) is 13.3 Å². The molecule has 1 aromatic rings. The Balaban J connectivity index is 2.74. The van der Waals surface area contributed by atoms with E-state index in [4.69, 9.17) is 14.2 Å². The van der Waals surface area contributed by atoms with E-state index in [1.165, 1.54) is 0 Å². The van der Waals surface area contributed by atoms with Crippen molar-refractivity contribution in [3.8, 4) is 11.5 Å². The van der Waals surface area contributed by atoms with Crippen LogP contribution in [-0.4, -0.2) is 26.3 Å². The zero-order valence-corrected chi connectivity index (χ0v) is 11.2. The predicted octanol–water partition coefficient (Wildman–Crippen LogP) is 3.05. The number of unbranched alkanes of at least 4 members (excludes halogenated alkanes) is 1. The lowest BCUT2D eigenvalue weighted by Gasteiger charge is -2.10. The minimum Gasteiger partial charge on any atom is -0.493 e. The third kappa shape index (κ3) is 3.95. The largest absolute Gasteiger partial charge is 0.493 e. The van der Waals surface area contributed by atoms with E-state index in [9.17, 15) is 4.79 Å². The molecule has 1 rings (SSSR count). The van der Waals surface area contributed by atoms with Crippen molar-refractivity contribution < 1.29 is 19.0 Å². The fourth-order valence-electron chi connectivity index (χ4n) is 1.46. The Kier molecular flexibility index (Phi) is 6.05. The number of rotatable bonds is 7. The van der Waals surface area contributed by atoms with Gasteiger partial charge < -0.3 is 14.2 Å². The topological polar surface area (TPSA) is 44.8 Å². The maximum absolute atomic E-state index is 11.7. The van der Waals surface area contributed by atoms with Gasteiger partial charge in [0.2, 0.25) is 0 Å². The molecular formula is C14H20O4. The minimum absolute atomic E-state index is 0.329. The van der Waals surface area contributed by atoms with Gasteiger partial charge >= 0.3 is 5.97 Å². The smallest absolute Gasteiger partial charge is 0.338 e. The van der Waals surface area contributed by atoms with Gasteiger partial charge in [-0.15, -0.1) is 0 Å². The summed E-state index contributed by atoms with van der Waals surface area (Å²) < 4.78 is 15.7. The molecule has 18 heavy (non-hydrogen) atoms. The van der Waals surface area contributed by atoms with Crippen molar-refractivity contribution in [1.29, 1.82) is 0 Å². The van der Waals surface area contributed by atoms with Gasteiger partial charge in [-0.25, -0.2) is 4.79 Å². The zero-order chi connectivity index (χ0) is 13.4. The maximum atomic E-state index is 11.7. The SMILES string of the molecule is CCCCOC(=O)c1ccc(OCC)c(OC)c1. The molecule has 0 fully saturated rings. The van der Waals surface area contributed by atoms with Gasteiger partial charge in [-0.3, -0.25) is 0 Å². The molecule has 0 aliphatic heterocycles. The van der Waals surface area contributed by atoms with Crippen LogP contribution >= 0.6 is 0 Å². The molecule has 0 amide bonds. The van der Waals surface area contributed by atoms with E-state index < -0.39 is 0 Å². The summed E-state index contributed by atoms with van der Waals surface area (Å²) in [7, 11) is 1.55. The monoisotopic (exact) mass is 252 g/mol. The van der Waals surface area contributed by atoms with Crippen LogP contribution in [0.4, 0.5) is 0 Å². The lowest BCUT2D eigenvalue weighted by Crippen LogP contribution is -2.07. The van der Waals surface area contributed by atoms with E-state index in [0.29, 0.717) is 30.3 Å². The van der Waals surface area contributed by atoms with Crippen LogP contribution in [0.5, 0.6) is 11.5 Å². The summed E-state index contributed by atoms with van der Waals surface area (Å²) in [6.07, 6.45) is 1.87. The summed E-state index contributed by atoms with van der Waals surface area (Å²) in [5.74, 6) is 0.844. The molecule has 4 nitrogen and oxygen atoms in total. The van der Waals surface area contributed by atoms with Gasteiger partial charge in [0.05, 0.1) is 25.9 Å². The van der Waals surface area contributed by atoms with Crippen molar-refractivity contribution in [1.82, 2.24) is 0 Å². The molecule has 100 valence electrons. The molecule has 0 N–H and O–H groups in total. The van der Waals surface area contributed by atoms with Crippen molar-refractivity contribution in [3.63, 3.8) is 0 Å². The fourth-order valence-corrected chi connectivity index (χ4v) is 1.46. The number of esters is 1. The normalized spacial score (nSPS) is 9.94. The van der Waals surface area contributed by atoms with Crippen molar-refractivity contribution in [2.75, 3.05) is 20.3 Å². The van der Waals surface area contributed by atoms with E-state index in [0.717, 1.165) is 12.8 Å². The number of hydrogen-bond acceptors (Lipinski definition) is 4. The van der Waals surface area contributed by atoms with Crippen molar-refractivity contribution in [3.05, 3.63) is 23.8 Å². The van der Waals surface area contributed by atoms with Gasteiger partial charge in [-0.05, 0) is 31.5 Å². The summed E-state index contributed by atoms with van der Waals surface area (Å²) >= 11 is 0. The molecule has 0 bridgehead atoms. The number of hydrogen-bond donors (Lipinski definition) is 0. The second kappa shape index (κ2) is 7.58. The molecule has 0 radical (unpaired) electrons. The summed E-state index contributed by atoms with van der Waals surface area (Å²) in [4.78, 5) is 11.7. The Morgan fingerprint density at radius 1 is 1.22 bits per heavy atom. The molecule has 0 aliphatic rings. The summed E-state index contributed by atoms with van der Waals surface area (Å²) in [5.41, 5.74) is 0.478. The maximum Gasteiger partial charge on any atom is 0.338 e. The summed E-state index contributed by atoms with van der Waals surface area (Å²) in [6.45, 7) is 4.95. The first-order valence-electron chi connectivity index (χ1n) is 6.20. The highest BCUT2D eigenvalue weighted by Crippen LogP contribution is 2.28. The van der Waals surface area contributed by atoms with E-state index in [1.807, 2.05) is 13.8 Å². The Labute approximate surface area is 108 Å². The number of methoxy groups -OCH3 is 1. The molecule has 4 heteroatoms. The third-order valence-corrected chi connectivity index (χ3v) is 2.43. The van der Waals surface area contributed by atoms with Gasteiger partial charge in [0, 0.05) is 0 Å². The summed E-state index contributed by atoms with van der Waals surface area (Å²) in [5, 5.41) is 0. The van der Waals surface area contributed by atoms with Crippen LogP contribution in [0.15, 0.2) is 18.2 Å². The first-order valence-corrected chi connectivity index (χ1v) is 6.20. The van der Waals surface area contributed by atoms with Crippen LogP contribution in [0.2, 0.25) is 0 Å². The Morgan fingerprint density at radius 3 is 2.61 bits per heavy atom. The molecule has 0 heterocycles. The quantitative estimate of drug-likeness (QED) is 0.552. The minimum atomic E-state index is -0.329. The molecule has 0 saturated heterocycles. The fraction of sp³-hybridized carbons (Fsp3) is 0.500. The van der Waals surface area contributed by atoms with Crippen molar-refractivity contribution in [2.45, 2.75) is 26.7 Å². The van der Waals surface area contributed by atoms with E-state index in [-0.39, 0.29) is 5.97 Å². The van der Waals surface area contributed by atoms with Crippen molar-refractivity contribution in [2.24, 2.45) is 0 Å². The molecule has 0 spiro atoms. The van der Waals surface area contributed by atoms with E-state index in [1.54, 1.807) is 25.3 Å². The van der Waals surface area contributed by atoms with Gasteiger partial charge in [0.25, 0.3) is 0 Å². The van der Waals surface area contributed by atoms with E-state index >= 15 is 0 Å². The second-order valence-corrected chi connectivity index (χ2v) is 3.79. The molecule has 0 unspecified atom stereocenters. The second-order valence-electron chi connectivity index (χ2n) is 3.79. The Bertz CT molecular complexity index is 387. The molecule has 0 saturated carbocycles. The van der Waals surface area contributed by atoms with Crippen molar-refractivity contribution >= 4 is 5.97 Å². The Morgan fingerprint density at radius 2 is 2.00 bits per heavy atom. The van der Waals surface area contributed by atoms with Crippen LogP contribution in [0, 0.1) is 0 Å². The molecule has 0 aromatic heterocycles. The van der Waals surface area contributed by atoms with E-state index in [2.05, 4.69) is 0 Å². The van der Waals surface area contributed by atoms with Gasteiger partial charge in [-0.2, -0.15) is 0 Å². The summed E-state index contributed by atoms with van der Waals surface area (Å²) in [6, 6.07) is 5.04. The van der Waals surface area contributed by atoms with Gasteiger partial charge in [0.15, 0.2) is 11.5 Å². The average Bonchev–Trinajstić information content (AvgIpc) is 2.39. The first kappa shape index (κ1) is 14.4. The third-order valence-electron chi connectivity index (χ3n) is 2.43. The molecule has 0 aliphatic carbocycles. The lowest BCUT2D eigenvalue weighted by molar-refractivity contribution is 0.0499. The highest BCUT2D eigenvalue weighted by Gasteiger charge is 2.11.